The van der Waals surface area contributed by atoms with E-state index in [-0.39, 0.29) is 16.5 Å². The van der Waals surface area contributed by atoms with Gasteiger partial charge in [0.2, 0.25) is 5.82 Å². The minimum absolute atomic E-state index is 0.0393. The Balaban J connectivity index is 2.25. The summed E-state index contributed by atoms with van der Waals surface area (Å²) in [6, 6.07) is 0.297. The van der Waals surface area contributed by atoms with Crippen molar-refractivity contribution < 1.29 is 4.92 Å². The van der Waals surface area contributed by atoms with Gasteiger partial charge in [-0.1, -0.05) is 20.3 Å². The monoisotopic (exact) mass is 312 g/mol. The van der Waals surface area contributed by atoms with E-state index < -0.39 is 0 Å². The molecule has 118 valence electrons. The van der Waals surface area contributed by atoms with Gasteiger partial charge in [-0.25, -0.2) is 4.68 Å². The second-order valence-corrected chi connectivity index (χ2v) is 7.12. The van der Waals surface area contributed by atoms with E-state index in [9.17, 15) is 10.1 Å². The fourth-order valence-corrected chi connectivity index (χ4v) is 3.77. The zero-order valence-electron chi connectivity index (χ0n) is 13.1. The van der Waals surface area contributed by atoms with Crippen molar-refractivity contribution in [3.05, 3.63) is 15.8 Å². The van der Waals surface area contributed by atoms with Crippen molar-refractivity contribution in [2.24, 2.45) is 7.05 Å². The Morgan fingerprint density at radius 3 is 2.76 bits per heavy atom. The molecule has 0 aromatic carbocycles. The maximum atomic E-state index is 11.4. The second-order valence-electron chi connectivity index (χ2n) is 5.98. The highest BCUT2D eigenvalue weighted by atomic mass is 32.2. The fourth-order valence-electron chi connectivity index (χ4n) is 2.95. The molecule has 1 aromatic heterocycles. The molecule has 1 aliphatic carbocycles. The molecule has 0 radical (unpaired) electrons. The maximum Gasteiger partial charge on any atom is 0.334 e. The molecule has 0 bridgehead atoms. The van der Waals surface area contributed by atoms with Crippen LogP contribution in [-0.2, 0) is 7.05 Å². The molecule has 1 aromatic rings. The molecule has 1 N–H and O–H groups in total. The quantitative estimate of drug-likeness (QED) is 0.665. The van der Waals surface area contributed by atoms with Crippen molar-refractivity contribution >= 4 is 23.3 Å². The Labute approximate surface area is 129 Å². The van der Waals surface area contributed by atoms with Crippen molar-refractivity contribution in [2.45, 2.75) is 56.7 Å². The lowest BCUT2D eigenvalue weighted by molar-refractivity contribution is -0.384. The van der Waals surface area contributed by atoms with Crippen molar-refractivity contribution in [1.29, 1.82) is 0 Å². The number of anilines is 1. The summed E-state index contributed by atoms with van der Waals surface area (Å²) in [5.41, 5.74) is 0.695. The average molecular weight is 312 g/mol. The van der Waals surface area contributed by atoms with Gasteiger partial charge in [0.1, 0.15) is 5.69 Å². The standard InChI is InChI=1S/C14H24N4O2S/c1-9(2)12-13(18(19)20)14(17(3)16-12)15-10-6-5-7-11(8-10)21-4/h9-11,15H,5-8H2,1-4H3. The predicted molar refractivity (Wildman–Crippen MR) is 87.1 cm³/mol. The number of rotatable bonds is 5. The highest BCUT2D eigenvalue weighted by molar-refractivity contribution is 7.99. The second kappa shape index (κ2) is 6.68. The molecule has 0 amide bonds. The largest absolute Gasteiger partial charge is 0.362 e. The van der Waals surface area contributed by atoms with Crippen molar-refractivity contribution in [3.63, 3.8) is 0 Å². The highest BCUT2D eigenvalue weighted by Gasteiger charge is 2.31. The van der Waals surface area contributed by atoms with Gasteiger partial charge in [0.05, 0.1) is 4.92 Å². The van der Waals surface area contributed by atoms with E-state index in [1.807, 2.05) is 25.6 Å². The van der Waals surface area contributed by atoms with Gasteiger partial charge in [-0.2, -0.15) is 16.9 Å². The molecule has 0 saturated heterocycles. The van der Waals surface area contributed by atoms with E-state index in [0.29, 0.717) is 22.8 Å². The molecule has 1 heterocycles. The molecule has 6 nitrogen and oxygen atoms in total. The van der Waals surface area contributed by atoms with Crippen LogP contribution in [0.4, 0.5) is 11.5 Å². The summed E-state index contributed by atoms with van der Waals surface area (Å²) in [4.78, 5) is 11.1. The summed E-state index contributed by atoms with van der Waals surface area (Å²) in [6.07, 6.45) is 6.67. The number of aromatic nitrogens is 2. The van der Waals surface area contributed by atoms with Crippen molar-refractivity contribution in [2.75, 3.05) is 11.6 Å². The third-order valence-electron chi connectivity index (χ3n) is 4.08. The van der Waals surface area contributed by atoms with Crippen molar-refractivity contribution in [1.82, 2.24) is 9.78 Å². The summed E-state index contributed by atoms with van der Waals surface area (Å²) in [7, 11) is 1.77. The number of nitrogens with one attached hydrogen (secondary N) is 1. The molecule has 2 atom stereocenters. The lowest BCUT2D eigenvalue weighted by Crippen LogP contribution is -2.29. The van der Waals surface area contributed by atoms with Crippen LogP contribution in [0.5, 0.6) is 0 Å². The van der Waals surface area contributed by atoms with Crippen LogP contribution in [0, 0.1) is 10.1 Å². The van der Waals surface area contributed by atoms with Crippen molar-refractivity contribution in [3.8, 4) is 0 Å². The van der Waals surface area contributed by atoms with Crippen LogP contribution in [0.15, 0.2) is 0 Å². The SMILES string of the molecule is CSC1CCCC(Nc2c([N+](=O)[O-])c(C(C)C)nn2C)C1. The van der Waals surface area contributed by atoms with E-state index in [1.54, 1.807) is 11.7 Å². The predicted octanol–water partition coefficient (Wildman–Crippen LogP) is 3.54. The first kappa shape index (κ1) is 16.1. The first-order chi connectivity index (χ1) is 9.93. The topological polar surface area (TPSA) is 73.0 Å². The minimum atomic E-state index is -0.306. The number of hydrogen-bond donors (Lipinski definition) is 1. The maximum absolute atomic E-state index is 11.4. The van der Waals surface area contributed by atoms with Gasteiger partial charge >= 0.3 is 5.69 Å². The van der Waals surface area contributed by atoms with E-state index in [1.165, 1.54) is 12.8 Å². The van der Waals surface area contributed by atoms with Crippen LogP contribution in [0.1, 0.15) is 51.1 Å². The molecule has 1 fully saturated rings. The summed E-state index contributed by atoms with van der Waals surface area (Å²) in [6.45, 7) is 3.87. The summed E-state index contributed by atoms with van der Waals surface area (Å²) in [5, 5.41) is 19.8. The Morgan fingerprint density at radius 1 is 1.48 bits per heavy atom. The van der Waals surface area contributed by atoms with Gasteiger partial charge < -0.3 is 5.32 Å². The molecular weight excluding hydrogens is 288 g/mol. The molecule has 21 heavy (non-hydrogen) atoms. The Hall–Kier alpha value is -1.24. The molecule has 7 heteroatoms. The third-order valence-corrected chi connectivity index (χ3v) is 5.17. The zero-order chi connectivity index (χ0) is 15.6. The van der Waals surface area contributed by atoms with Gasteiger partial charge in [-0.3, -0.25) is 10.1 Å². The van der Waals surface area contributed by atoms with Crippen LogP contribution in [-0.4, -0.2) is 32.3 Å². The lowest BCUT2D eigenvalue weighted by Gasteiger charge is -2.29. The van der Waals surface area contributed by atoms with E-state index >= 15 is 0 Å². The van der Waals surface area contributed by atoms with Gasteiger partial charge in [0, 0.05) is 24.3 Å². The summed E-state index contributed by atoms with van der Waals surface area (Å²) in [5.74, 6) is 0.591. The van der Waals surface area contributed by atoms with E-state index in [2.05, 4.69) is 16.7 Å². The zero-order valence-corrected chi connectivity index (χ0v) is 13.9. The first-order valence-electron chi connectivity index (χ1n) is 7.44. The molecule has 0 spiro atoms. The van der Waals surface area contributed by atoms with Gasteiger partial charge in [-0.15, -0.1) is 0 Å². The lowest BCUT2D eigenvalue weighted by atomic mass is 9.95. The van der Waals surface area contributed by atoms with E-state index in [4.69, 9.17) is 0 Å². The number of aryl methyl sites for hydroxylation is 1. The van der Waals surface area contributed by atoms with Crippen LogP contribution in [0.3, 0.4) is 0 Å². The fraction of sp³-hybridized carbons (Fsp3) is 0.786. The minimum Gasteiger partial charge on any atom is -0.362 e. The molecule has 0 aliphatic heterocycles. The normalized spacial score (nSPS) is 22.5. The van der Waals surface area contributed by atoms with Crippen LogP contribution < -0.4 is 5.32 Å². The molecular formula is C14H24N4O2S. The van der Waals surface area contributed by atoms with Gasteiger partial charge in [0.15, 0.2) is 0 Å². The molecule has 1 saturated carbocycles. The third kappa shape index (κ3) is 3.51. The Morgan fingerprint density at radius 2 is 2.19 bits per heavy atom. The first-order valence-corrected chi connectivity index (χ1v) is 8.73. The highest BCUT2D eigenvalue weighted by Crippen LogP contribution is 2.35. The van der Waals surface area contributed by atoms with Crippen LogP contribution in [0.25, 0.3) is 0 Å². The van der Waals surface area contributed by atoms with Crippen LogP contribution >= 0.6 is 11.8 Å². The van der Waals surface area contributed by atoms with Gasteiger partial charge in [0.25, 0.3) is 0 Å². The number of nitro groups is 1. The number of thioether (sulfide) groups is 1. The average Bonchev–Trinajstić information content (AvgIpc) is 2.77. The van der Waals surface area contributed by atoms with Crippen LogP contribution in [0.2, 0.25) is 0 Å². The number of nitrogens with zero attached hydrogens (tertiary/aromatic N) is 3. The molecule has 2 unspecified atom stereocenters. The molecule has 2 rings (SSSR count). The summed E-state index contributed by atoms with van der Waals surface area (Å²) < 4.78 is 1.62. The smallest absolute Gasteiger partial charge is 0.334 e. The molecule has 1 aliphatic rings. The Kier molecular flexibility index (Phi) is 5.13. The number of hydrogen-bond acceptors (Lipinski definition) is 5. The van der Waals surface area contributed by atoms with Gasteiger partial charge in [-0.05, 0) is 25.5 Å². The van der Waals surface area contributed by atoms with E-state index in [0.717, 1.165) is 12.8 Å². The summed E-state index contributed by atoms with van der Waals surface area (Å²) >= 11 is 1.89. The Bertz CT molecular complexity index is 515.